The Balaban J connectivity index is 0.000000294. The third-order valence-corrected chi connectivity index (χ3v) is 21.1. The Bertz CT molecular complexity index is 2800. The van der Waals surface area contributed by atoms with Crippen molar-refractivity contribution in [2.24, 2.45) is 10.9 Å². The molecule has 0 radical (unpaired) electrons. The summed E-state index contributed by atoms with van der Waals surface area (Å²) in [4.78, 5) is 29.8. The number of thiazole rings is 5. The van der Waals surface area contributed by atoms with Gasteiger partial charge in [0, 0.05) is 87.3 Å². The lowest BCUT2D eigenvalue weighted by Gasteiger charge is -2.35. The van der Waals surface area contributed by atoms with Crippen molar-refractivity contribution < 1.29 is 48.7 Å². The molecule has 0 aliphatic heterocycles. The van der Waals surface area contributed by atoms with Crippen LogP contribution in [0.4, 0.5) is 0 Å². The number of primary sulfonamides is 1. The van der Waals surface area contributed by atoms with E-state index in [1.165, 1.54) is 24.8 Å². The Labute approximate surface area is 444 Å². The van der Waals surface area contributed by atoms with E-state index in [1.807, 2.05) is 26.2 Å². The zero-order valence-electron chi connectivity index (χ0n) is 39.9. The molecule has 3 aliphatic carbocycles. The van der Waals surface area contributed by atoms with E-state index in [0.717, 1.165) is 81.4 Å². The summed E-state index contributed by atoms with van der Waals surface area (Å²) < 4.78 is 95.8. The molecule has 5 aromatic rings. The third kappa shape index (κ3) is 24.5. The molecular formula is C39H61BrClN9O11S9. The summed E-state index contributed by atoms with van der Waals surface area (Å²) >= 11 is 8.88. The van der Waals surface area contributed by atoms with Crippen LogP contribution < -0.4 is 20.3 Å². The second-order valence-corrected chi connectivity index (χ2v) is 32.8. The fraction of sp³-hybridized carbons (Fsp3) is 0.590. The van der Waals surface area contributed by atoms with Crippen molar-refractivity contribution in [1.29, 1.82) is 0 Å². The molecule has 0 aromatic carbocycles. The van der Waals surface area contributed by atoms with Crippen LogP contribution >= 0.6 is 83.3 Å². The van der Waals surface area contributed by atoms with Crippen LogP contribution in [0.25, 0.3) is 0 Å². The lowest BCUT2D eigenvalue weighted by Crippen LogP contribution is -2.40. The number of halogens is 2. The third-order valence-electron chi connectivity index (χ3n) is 8.17. The summed E-state index contributed by atoms with van der Waals surface area (Å²) in [5.41, 5.74) is 2.63. The Morgan fingerprint density at radius 2 is 0.971 bits per heavy atom. The lowest BCUT2D eigenvalue weighted by molar-refractivity contribution is -0.123. The van der Waals surface area contributed by atoms with Crippen molar-refractivity contribution in [2.75, 3.05) is 0 Å². The number of carbonyl (C=O) groups excluding carboxylic acids is 1. The highest BCUT2D eigenvalue weighted by Crippen LogP contribution is 2.44. The number of nitrogens with zero attached hydrogens (tertiary/aromatic N) is 5. The Kier molecular flexibility index (Phi) is 24.4. The fourth-order valence-corrected chi connectivity index (χ4v) is 13.9. The molecule has 0 spiro atoms. The second kappa shape index (κ2) is 26.6. The van der Waals surface area contributed by atoms with E-state index in [4.69, 9.17) is 21.6 Å². The number of aromatic nitrogens is 5. The van der Waals surface area contributed by atoms with Crippen LogP contribution in [-0.2, 0) is 55.1 Å². The highest BCUT2D eigenvalue weighted by atomic mass is 79.9. The maximum absolute atomic E-state index is 12.0. The number of nitrogens with two attached hydrogens (primary N) is 2. The number of Topliss-reactive ketones (excluding diaryl/α,β-unsaturated/α-hetero) is 1. The summed E-state index contributed by atoms with van der Waals surface area (Å²) in [6.45, 7) is 16.6. The summed E-state index contributed by atoms with van der Waals surface area (Å²) in [6.07, 6.45) is 14.9. The van der Waals surface area contributed by atoms with Crippen molar-refractivity contribution >= 4 is 128 Å². The van der Waals surface area contributed by atoms with E-state index in [9.17, 15) is 48.7 Å². The predicted octanol–water partition coefficient (Wildman–Crippen LogP) is 7.43. The molecule has 20 nitrogen and oxygen atoms in total. The standard InChI is InChI=1S/C11H18N2O3S2.C7H10N2O3S2.C7H12N2O2S2.C4H11N.C4H6O.C3H2BrNS.C3H2ClNO2S2/c1-10(2,3)13-18(15,16)9-12-7-8(17-9)11(14)5-4-6-11;8-14(11,12)6-9-4-5(13-6)7(10)2-1-3-7;1-7(2,3)9-13(10,11)6-8-4-5-12-6;1-4(2,3)5;5-4-2-1-3-4;4-3-5-1-2-6-3;4-9(6,7)3-5-1-2-8-3/h7,13-14H,4-6H2,1-3H3;4,10H,1-3H2,(H2,8,11,12);4-5,9H,1-3H3;5H2,1-3H3;1-3H2;1-2H;1-2H. The number of aliphatic hydroxyl groups is 2. The van der Waals surface area contributed by atoms with E-state index in [2.05, 4.69) is 50.3 Å². The number of ketones is 1. The number of hydrogen-bond acceptors (Lipinski definition) is 22. The van der Waals surface area contributed by atoms with Gasteiger partial charge in [0.25, 0.3) is 39.1 Å². The molecule has 0 unspecified atom stereocenters. The molecule has 3 fully saturated rings. The quantitative estimate of drug-likeness (QED) is 0.0822. The van der Waals surface area contributed by atoms with Gasteiger partial charge in [0.2, 0.25) is 17.4 Å². The Morgan fingerprint density at radius 1 is 0.614 bits per heavy atom. The minimum atomic E-state index is -3.73. The van der Waals surface area contributed by atoms with Crippen molar-refractivity contribution in [3.05, 3.63) is 60.8 Å². The summed E-state index contributed by atoms with van der Waals surface area (Å²) in [5, 5.41) is 30.1. The fourth-order valence-electron chi connectivity index (χ4n) is 4.81. The molecule has 70 heavy (non-hydrogen) atoms. The van der Waals surface area contributed by atoms with Gasteiger partial charge in [0.1, 0.15) is 17.0 Å². The first kappa shape index (κ1) is 64.3. The van der Waals surface area contributed by atoms with Crippen molar-refractivity contribution in [3.8, 4) is 0 Å². The van der Waals surface area contributed by atoms with Gasteiger partial charge in [0.15, 0.2) is 3.92 Å². The predicted molar refractivity (Wildman–Crippen MR) is 281 cm³/mol. The zero-order chi connectivity index (χ0) is 53.6. The molecule has 0 amide bonds. The van der Waals surface area contributed by atoms with Gasteiger partial charge in [-0.2, -0.15) is 0 Å². The van der Waals surface area contributed by atoms with Crippen LogP contribution in [0.5, 0.6) is 0 Å². The van der Waals surface area contributed by atoms with E-state index < -0.39 is 61.4 Å². The summed E-state index contributed by atoms with van der Waals surface area (Å²) in [7, 11) is -9.40. The number of hydrogen-bond donors (Lipinski definition) is 6. The molecule has 3 saturated carbocycles. The first-order chi connectivity index (χ1) is 31.7. The molecule has 0 bridgehead atoms. The number of sulfonamides is 3. The molecular weight excluding hydrogens is 1170 g/mol. The van der Waals surface area contributed by atoms with Gasteiger partial charge in [-0.05, 0) is 123 Å². The summed E-state index contributed by atoms with van der Waals surface area (Å²) in [5.74, 6) is 0.435. The minimum absolute atomic E-state index is 0. The van der Waals surface area contributed by atoms with Crippen molar-refractivity contribution in [2.45, 2.75) is 165 Å². The molecule has 5 aromatic heterocycles. The van der Waals surface area contributed by atoms with Crippen molar-refractivity contribution in [3.63, 3.8) is 0 Å². The molecule has 0 atom stereocenters. The van der Waals surface area contributed by atoms with Crippen LogP contribution in [-0.4, -0.2) is 91.2 Å². The van der Waals surface area contributed by atoms with Gasteiger partial charge in [-0.3, -0.25) is 4.79 Å². The Hall–Kier alpha value is -1.85. The van der Waals surface area contributed by atoms with Crippen LogP contribution in [0.1, 0.15) is 130 Å². The second-order valence-electron chi connectivity index (χ2n) is 18.6. The Morgan fingerprint density at radius 3 is 1.20 bits per heavy atom. The van der Waals surface area contributed by atoms with Crippen LogP contribution in [0.15, 0.2) is 68.4 Å². The maximum atomic E-state index is 12.0. The zero-order valence-corrected chi connectivity index (χ0v) is 49.6. The van der Waals surface area contributed by atoms with Crippen LogP contribution in [0.2, 0.25) is 0 Å². The van der Waals surface area contributed by atoms with Gasteiger partial charge in [-0.25, -0.2) is 73.2 Å². The van der Waals surface area contributed by atoms with Gasteiger partial charge < -0.3 is 15.9 Å². The highest BCUT2D eigenvalue weighted by Gasteiger charge is 2.40. The van der Waals surface area contributed by atoms with Gasteiger partial charge >= 0.3 is 0 Å². The largest absolute Gasteiger partial charge is 0.384 e. The number of nitrogens with one attached hydrogen (secondary N) is 2. The van der Waals surface area contributed by atoms with Crippen LogP contribution in [0.3, 0.4) is 0 Å². The lowest BCUT2D eigenvalue weighted by atomic mass is 9.79. The molecule has 8 N–H and O–H groups in total. The average Bonchev–Trinajstić information content (AvgIpc) is 4.00. The number of rotatable bonds is 8. The smallest absolute Gasteiger partial charge is 0.288 e. The molecule has 8 rings (SSSR count). The van der Waals surface area contributed by atoms with E-state index in [1.54, 1.807) is 69.8 Å². The average molecular weight is 1240 g/mol. The monoisotopic (exact) mass is 1230 g/mol. The molecule has 3 aliphatic rings. The minimum Gasteiger partial charge on any atom is -0.384 e. The molecule has 0 saturated heterocycles. The van der Waals surface area contributed by atoms with Gasteiger partial charge in [-0.1, -0.05) is 0 Å². The van der Waals surface area contributed by atoms with E-state index >= 15 is 0 Å². The first-order valence-electron chi connectivity index (χ1n) is 20.8. The highest BCUT2D eigenvalue weighted by molar-refractivity contribution is 9.11. The van der Waals surface area contributed by atoms with Crippen molar-refractivity contribution in [1.82, 2.24) is 34.4 Å². The number of carbonyl (C=O) groups is 1. The first-order valence-corrected chi connectivity index (χ1v) is 32.7. The molecule has 5 heterocycles. The molecule has 396 valence electrons. The van der Waals surface area contributed by atoms with Gasteiger partial charge in [0.05, 0.1) is 9.75 Å². The van der Waals surface area contributed by atoms with E-state index in [-0.39, 0.29) is 22.9 Å². The summed E-state index contributed by atoms with van der Waals surface area (Å²) in [6, 6.07) is 0. The SMILES string of the molecule is Brc1nccs1.CC(C)(C)N.CC(C)(C)NS(=O)(=O)c1ncc(C2(O)CCC2)s1.CC(C)(C)NS(=O)(=O)c1nccs1.NS(=O)(=O)c1ncc(C2(O)CCC2)s1.O=C1CCC1.O=S(=O)(Cl)c1nccs1. The topological polar surface area (TPSA) is 335 Å². The van der Waals surface area contributed by atoms with Gasteiger partial charge in [-0.15, -0.1) is 56.7 Å². The molecule has 31 heteroatoms. The normalized spacial score (nSPS) is 16.2. The van der Waals surface area contributed by atoms with E-state index in [0.29, 0.717) is 41.2 Å². The maximum Gasteiger partial charge on any atom is 0.288 e. The van der Waals surface area contributed by atoms with Crippen LogP contribution in [0, 0.1) is 0 Å².